The lowest BCUT2D eigenvalue weighted by molar-refractivity contribution is 0.189. The minimum atomic E-state index is -0.181. The van der Waals surface area contributed by atoms with Crippen LogP contribution in [0.5, 0.6) is 0 Å². The number of aliphatic hydroxyl groups is 1. The average Bonchev–Trinajstić information content (AvgIpc) is 2.64. The summed E-state index contributed by atoms with van der Waals surface area (Å²) < 4.78 is 0. The van der Waals surface area contributed by atoms with Crippen molar-refractivity contribution < 1.29 is 5.11 Å². The first-order valence-corrected chi connectivity index (χ1v) is 5.92. The molecule has 1 aromatic carbocycles. The SMILES string of the molecule is CC(C)C(CO)Cc1ccc2[nH]c(=O)[nH]c2c1. The maximum absolute atomic E-state index is 11.1. The topological polar surface area (TPSA) is 68.9 Å². The van der Waals surface area contributed by atoms with E-state index in [2.05, 4.69) is 23.8 Å². The van der Waals surface area contributed by atoms with Crippen molar-refractivity contribution in [2.45, 2.75) is 20.3 Å². The number of aromatic amines is 2. The first-order valence-electron chi connectivity index (χ1n) is 5.92. The standard InChI is InChI=1S/C13H18N2O2/c1-8(2)10(7-16)5-9-3-4-11-12(6-9)15-13(17)14-11/h3-4,6,8,10,16H,5,7H2,1-2H3,(H2,14,15,17). The van der Waals surface area contributed by atoms with Gasteiger partial charge in [0, 0.05) is 6.61 Å². The highest BCUT2D eigenvalue weighted by molar-refractivity contribution is 5.74. The first-order chi connectivity index (χ1) is 8.10. The fourth-order valence-corrected chi connectivity index (χ4v) is 2.02. The van der Waals surface area contributed by atoms with Crippen molar-refractivity contribution in [2.75, 3.05) is 6.61 Å². The first kappa shape index (κ1) is 11.9. The van der Waals surface area contributed by atoms with Gasteiger partial charge in [0.1, 0.15) is 0 Å². The van der Waals surface area contributed by atoms with Gasteiger partial charge in [0.2, 0.25) is 0 Å². The minimum Gasteiger partial charge on any atom is -0.396 e. The van der Waals surface area contributed by atoms with Gasteiger partial charge >= 0.3 is 5.69 Å². The number of benzene rings is 1. The molecule has 3 N–H and O–H groups in total. The molecule has 0 saturated heterocycles. The molecule has 2 aromatic rings. The number of hydrogen-bond acceptors (Lipinski definition) is 2. The number of aromatic nitrogens is 2. The van der Waals surface area contributed by atoms with Crippen LogP contribution in [-0.4, -0.2) is 21.7 Å². The molecule has 0 aliphatic heterocycles. The van der Waals surface area contributed by atoms with Crippen LogP contribution in [0.3, 0.4) is 0 Å². The Morgan fingerprint density at radius 1 is 1.24 bits per heavy atom. The molecule has 17 heavy (non-hydrogen) atoms. The predicted octanol–water partition coefficient (Wildman–Crippen LogP) is 1.66. The smallest absolute Gasteiger partial charge is 0.323 e. The minimum absolute atomic E-state index is 0.181. The van der Waals surface area contributed by atoms with Crippen LogP contribution < -0.4 is 5.69 Å². The highest BCUT2D eigenvalue weighted by Gasteiger charge is 2.13. The molecule has 0 amide bonds. The molecule has 0 aliphatic rings. The van der Waals surface area contributed by atoms with Crippen molar-refractivity contribution in [1.29, 1.82) is 0 Å². The van der Waals surface area contributed by atoms with Crippen LogP contribution in [0.2, 0.25) is 0 Å². The second-order valence-electron chi connectivity index (χ2n) is 4.85. The van der Waals surface area contributed by atoms with Gasteiger partial charge in [-0.25, -0.2) is 4.79 Å². The van der Waals surface area contributed by atoms with Gasteiger partial charge in [0.25, 0.3) is 0 Å². The van der Waals surface area contributed by atoms with Crippen molar-refractivity contribution in [3.63, 3.8) is 0 Å². The van der Waals surface area contributed by atoms with Crippen LogP contribution in [0.25, 0.3) is 11.0 Å². The highest BCUT2D eigenvalue weighted by Crippen LogP contribution is 2.18. The molecule has 0 radical (unpaired) electrons. The van der Waals surface area contributed by atoms with Gasteiger partial charge in [-0.3, -0.25) is 0 Å². The molecule has 0 saturated carbocycles. The van der Waals surface area contributed by atoms with Crippen molar-refractivity contribution in [3.05, 3.63) is 34.2 Å². The molecule has 92 valence electrons. The normalized spacial score (nSPS) is 13.4. The number of aliphatic hydroxyl groups excluding tert-OH is 1. The quantitative estimate of drug-likeness (QED) is 0.753. The van der Waals surface area contributed by atoms with Gasteiger partial charge in [0.05, 0.1) is 11.0 Å². The summed E-state index contributed by atoms with van der Waals surface area (Å²) in [4.78, 5) is 16.6. The maximum Gasteiger partial charge on any atom is 0.323 e. The highest BCUT2D eigenvalue weighted by atomic mass is 16.3. The van der Waals surface area contributed by atoms with E-state index in [1.54, 1.807) is 0 Å². The lowest BCUT2D eigenvalue weighted by Gasteiger charge is -2.17. The molecule has 0 spiro atoms. The Hall–Kier alpha value is -1.55. The van der Waals surface area contributed by atoms with E-state index >= 15 is 0 Å². The average molecular weight is 234 g/mol. The summed E-state index contributed by atoms with van der Waals surface area (Å²) in [6, 6.07) is 5.87. The molecule has 4 heteroatoms. The number of fused-ring (bicyclic) bond motifs is 1. The molecule has 1 atom stereocenters. The van der Waals surface area contributed by atoms with Gasteiger partial charge < -0.3 is 15.1 Å². The van der Waals surface area contributed by atoms with Crippen LogP contribution in [0.4, 0.5) is 0 Å². The second kappa shape index (κ2) is 4.75. The van der Waals surface area contributed by atoms with Crippen LogP contribution in [0.1, 0.15) is 19.4 Å². The summed E-state index contributed by atoms with van der Waals surface area (Å²) >= 11 is 0. The number of rotatable bonds is 4. The Labute approximate surface area is 99.7 Å². The summed E-state index contributed by atoms with van der Waals surface area (Å²) in [5.41, 5.74) is 2.61. The number of H-pyrrole nitrogens is 2. The largest absolute Gasteiger partial charge is 0.396 e. The molecule has 0 bridgehead atoms. The Bertz CT molecular complexity index is 554. The van der Waals surface area contributed by atoms with Crippen molar-refractivity contribution in [1.82, 2.24) is 9.97 Å². The monoisotopic (exact) mass is 234 g/mol. The van der Waals surface area contributed by atoms with Crippen LogP contribution >= 0.6 is 0 Å². The van der Waals surface area contributed by atoms with E-state index in [0.717, 1.165) is 23.0 Å². The lowest BCUT2D eigenvalue weighted by Crippen LogP contribution is -2.16. The summed E-state index contributed by atoms with van der Waals surface area (Å²) in [5.74, 6) is 0.707. The molecule has 2 rings (SSSR count). The maximum atomic E-state index is 11.1. The zero-order valence-electron chi connectivity index (χ0n) is 10.2. The van der Waals surface area contributed by atoms with Gasteiger partial charge in [-0.05, 0) is 36.0 Å². The Morgan fingerprint density at radius 2 is 1.94 bits per heavy atom. The third-order valence-corrected chi connectivity index (χ3v) is 3.26. The van der Waals surface area contributed by atoms with Crippen LogP contribution in [0.15, 0.2) is 23.0 Å². The lowest BCUT2D eigenvalue weighted by atomic mass is 9.90. The van der Waals surface area contributed by atoms with Crippen molar-refractivity contribution in [3.8, 4) is 0 Å². The van der Waals surface area contributed by atoms with E-state index in [1.165, 1.54) is 0 Å². The predicted molar refractivity (Wildman–Crippen MR) is 68.0 cm³/mol. The fraction of sp³-hybridized carbons (Fsp3) is 0.462. The number of nitrogens with one attached hydrogen (secondary N) is 2. The zero-order valence-corrected chi connectivity index (χ0v) is 10.2. The second-order valence-corrected chi connectivity index (χ2v) is 4.85. The van der Waals surface area contributed by atoms with Crippen LogP contribution in [0, 0.1) is 11.8 Å². The Morgan fingerprint density at radius 3 is 2.59 bits per heavy atom. The molecule has 4 nitrogen and oxygen atoms in total. The molecule has 1 heterocycles. The van der Waals surface area contributed by atoms with Crippen molar-refractivity contribution in [2.24, 2.45) is 11.8 Å². The summed E-state index contributed by atoms with van der Waals surface area (Å²) in [5, 5.41) is 9.31. The fourth-order valence-electron chi connectivity index (χ4n) is 2.02. The number of imidazole rings is 1. The van der Waals surface area contributed by atoms with E-state index in [0.29, 0.717) is 5.92 Å². The summed E-state index contributed by atoms with van der Waals surface area (Å²) in [6.45, 7) is 4.41. The van der Waals surface area contributed by atoms with Gasteiger partial charge in [-0.15, -0.1) is 0 Å². The molecule has 0 fully saturated rings. The molecule has 0 aliphatic carbocycles. The van der Waals surface area contributed by atoms with E-state index in [4.69, 9.17) is 0 Å². The van der Waals surface area contributed by atoms with E-state index < -0.39 is 0 Å². The molecular formula is C13H18N2O2. The van der Waals surface area contributed by atoms with Gasteiger partial charge in [0.15, 0.2) is 0 Å². The molecule has 1 aromatic heterocycles. The third kappa shape index (κ3) is 2.58. The van der Waals surface area contributed by atoms with E-state index in [1.807, 2.05) is 18.2 Å². The van der Waals surface area contributed by atoms with E-state index in [9.17, 15) is 9.90 Å². The van der Waals surface area contributed by atoms with E-state index in [-0.39, 0.29) is 18.2 Å². The Balaban J connectivity index is 2.26. The summed E-state index contributed by atoms with van der Waals surface area (Å²) in [6.07, 6.45) is 0.831. The molecular weight excluding hydrogens is 216 g/mol. The van der Waals surface area contributed by atoms with Crippen molar-refractivity contribution >= 4 is 11.0 Å². The van der Waals surface area contributed by atoms with Gasteiger partial charge in [-0.1, -0.05) is 19.9 Å². The summed E-state index contributed by atoms with van der Waals surface area (Å²) in [7, 11) is 0. The molecule has 1 unspecified atom stereocenters. The Kier molecular flexibility index (Phi) is 3.33. The van der Waals surface area contributed by atoms with Crippen LogP contribution in [-0.2, 0) is 6.42 Å². The zero-order chi connectivity index (χ0) is 12.4. The number of hydrogen-bond donors (Lipinski definition) is 3. The third-order valence-electron chi connectivity index (χ3n) is 3.26. The van der Waals surface area contributed by atoms with Gasteiger partial charge in [-0.2, -0.15) is 0 Å².